The predicted octanol–water partition coefficient (Wildman–Crippen LogP) is 3.47. The lowest BCUT2D eigenvalue weighted by atomic mass is 10.1. The van der Waals surface area contributed by atoms with Crippen LogP contribution in [0.4, 0.5) is 4.79 Å². The number of carbonyl (C=O) groups is 1. The van der Waals surface area contributed by atoms with Gasteiger partial charge < -0.3 is 9.64 Å². The molecule has 22 heavy (non-hydrogen) atoms. The van der Waals surface area contributed by atoms with Crippen LogP contribution in [0.25, 0.3) is 10.9 Å². The minimum atomic E-state index is -0.314. The number of ether oxygens (including phenoxy) is 1. The Labute approximate surface area is 133 Å². The molecule has 1 fully saturated rings. The van der Waals surface area contributed by atoms with Gasteiger partial charge >= 0.3 is 6.09 Å². The molecule has 0 atom stereocenters. The van der Waals surface area contributed by atoms with Crippen molar-refractivity contribution in [3.8, 4) is 0 Å². The van der Waals surface area contributed by atoms with E-state index in [1.165, 1.54) is 6.26 Å². The molecule has 114 valence electrons. The van der Waals surface area contributed by atoms with E-state index in [1.807, 2.05) is 24.3 Å². The normalized spacial score (nSPS) is 15.7. The fourth-order valence-corrected chi connectivity index (χ4v) is 3.70. The number of carbonyl (C=O) groups excluding carboxylic acids is 1. The van der Waals surface area contributed by atoms with E-state index in [0.29, 0.717) is 18.3 Å². The largest absolute Gasteiger partial charge is 0.419 e. The van der Waals surface area contributed by atoms with Gasteiger partial charge in [0.25, 0.3) is 0 Å². The van der Waals surface area contributed by atoms with Crippen LogP contribution in [0.5, 0.6) is 0 Å². The zero-order valence-corrected chi connectivity index (χ0v) is 13.0. The topological polar surface area (TPSA) is 55.3 Å². The number of piperidine rings is 1. The first-order valence-corrected chi connectivity index (χ1v) is 8.09. The second kappa shape index (κ2) is 6.79. The van der Waals surface area contributed by atoms with Gasteiger partial charge in [0.05, 0.1) is 11.8 Å². The molecule has 6 heteroatoms. The molecule has 1 aliphatic rings. The van der Waals surface area contributed by atoms with Gasteiger partial charge in [0, 0.05) is 23.7 Å². The molecule has 0 aliphatic carbocycles. The maximum absolute atomic E-state index is 11.6. The summed E-state index contributed by atoms with van der Waals surface area (Å²) in [4.78, 5) is 22.1. The van der Waals surface area contributed by atoms with Crippen molar-refractivity contribution in [2.75, 3.05) is 13.1 Å². The number of thioether (sulfide) groups is 1. The van der Waals surface area contributed by atoms with E-state index in [0.717, 1.165) is 28.8 Å². The Morgan fingerprint density at radius 3 is 2.86 bits per heavy atom. The third kappa shape index (κ3) is 3.22. The lowest BCUT2D eigenvalue weighted by molar-refractivity contribution is 0.129. The van der Waals surface area contributed by atoms with Gasteiger partial charge in [-0.2, -0.15) is 0 Å². The summed E-state index contributed by atoms with van der Waals surface area (Å²) in [5.74, 6) is 0. The molecule has 3 rings (SSSR count). The molecule has 1 amide bonds. The SMILES string of the molecule is C=COC(=O)N1CCC(Sc2ncnc3ccccc23)CC1. The Kier molecular flexibility index (Phi) is 4.58. The van der Waals surface area contributed by atoms with E-state index in [-0.39, 0.29) is 6.09 Å². The van der Waals surface area contributed by atoms with E-state index < -0.39 is 0 Å². The van der Waals surface area contributed by atoms with Crippen molar-refractivity contribution in [3.63, 3.8) is 0 Å². The highest BCUT2D eigenvalue weighted by Crippen LogP contribution is 2.32. The Bertz CT molecular complexity index is 679. The molecule has 1 saturated heterocycles. The lowest BCUT2D eigenvalue weighted by Crippen LogP contribution is -2.39. The van der Waals surface area contributed by atoms with E-state index in [1.54, 1.807) is 23.0 Å². The van der Waals surface area contributed by atoms with E-state index >= 15 is 0 Å². The van der Waals surface area contributed by atoms with Crippen molar-refractivity contribution in [1.82, 2.24) is 14.9 Å². The molecular formula is C16H17N3O2S. The van der Waals surface area contributed by atoms with Crippen LogP contribution in [0, 0.1) is 0 Å². The van der Waals surface area contributed by atoms with Crippen molar-refractivity contribution in [3.05, 3.63) is 43.4 Å². The number of para-hydroxylation sites is 1. The summed E-state index contributed by atoms with van der Waals surface area (Å²) in [5, 5.41) is 2.55. The zero-order chi connectivity index (χ0) is 15.4. The van der Waals surface area contributed by atoms with E-state index in [2.05, 4.69) is 16.5 Å². The maximum atomic E-state index is 11.6. The molecule has 1 aromatic heterocycles. The van der Waals surface area contributed by atoms with Gasteiger partial charge in [-0.15, -0.1) is 11.8 Å². The minimum absolute atomic E-state index is 0.314. The van der Waals surface area contributed by atoms with Gasteiger partial charge in [-0.1, -0.05) is 24.8 Å². The number of nitrogens with zero attached hydrogens (tertiary/aromatic N) is 3. The van der Waals surface area contributed by atoms with Gasteiger partial charge in [-0.3, -0.25) is 0 Å². The number of aromatic nitrogens is 2. The van der Waals surface area contributed by atoms with Crippen LogP contribution in [-0.2, 0) is 4.74 Å². The first-order valence-electron chi connectivity index (χ1n) is 7.21. The molecule has 2 heterocycles. The van der Waals surface area contributed by atoms with Crippen molar-refractivity contribution < 1.29 is 9.53 Å². The van der Waals surface area contributed by atoms with E-state index in [9.17, 15) is 4.79 Å². The second-order valence-corrected chi connectivity index (χ2v) is 6.34. The van der Waals surface area contributed by atoms with Crippen molar-refractivity contribution >= 4 is 28.8 Å². The quantitative estimate of drug-likeness (QED) is 0.641. The van der Waals surface area contributed by atoms with Gasteiger partial charge in [0.2, 0.25) is 0 Å². The van der Waals surface area contributed by atoms with E-state index in [4.69, 9.17) is 4.74 Å². The van der Waals surface area contributed by atoms with Crippen LogP contribution in [-0.4, -0.2) is 39.3 Å². The Balaban J connectivity index is 1.65. The van der Waals surface area contributed by atoms with Gasteiger partial charge in [-0.25, -0.2) is 14.8 Å². The highest BCUT2D eigenvalue weighted by atomic mass is 32.2. The fraction of sp³-hybridized carbons (Fsp3) is 0.312. The zero-order valence-electron chi connectivity index (χ0n) is 12.1. The molecule has 0 radical (unpaired) electrons. The van der Waals surface area contributed by atoms with Crippen LogP contribution < -0.4 is 0 Å². The van der Waals surface area contributed by atoms with Crippen LogP contribution in [0.2, 0.25) is 0 Å². The Morgan fingerprint density at radius 1 is 1.32 bits per heavy atom. The molecule has 0 N–H and O–H groups in total. The molecule has 5 nitrogen and oxygen atoms in total. The Morgan fingerprint density at radius 2 is 2.09 bits per heavy atom. The average molecular weight is 315 g/mol. The van der Waals surface area contributed by atoms with Crippen LogP contribution >= 0.6 is 11.8 Å². The van der Waals surface area contributed by atoms with Crippen molar-refractivity contribution in [1.29, 1.82) is 0 Å². The fourth-order valence-electron chi connectivity index (χ4n) is 2.53. The molecule has 0 saturated carbocycles. The standard InChI is InChI=1S/C16H17N3O2S/c1-2-21-16(20)19-9-7-12(8-10-19)22-15-13-5-3-4-6-14(13)17-11-18-15/h2-6,11-12H,1,7-10H2. The lowest BCUT2D eigenvalue weighted by Gasteiger charge is -2.30. The molecule has 1 aromatic carbocycles. The predicted molar refractivity (Wildman–Crippen MR) is 86.7 cm³/mol. The highest BCUT2D eigenvalue weighted by molar-refractivity contribution is 8.00. The van der Waals surface area contributed by atoms with Crippen LogP contribution in [0.3, 0.4) is 0 Å². The highest BCUT2D eigenvalue weighted by Gasteiger charge is 2.24. The first kappa shape index (κ1) is 14.8. The maximum Gasteiger partial charge on any atom is 0.414 e. The molecule has 1 aliphatic heterocycles. The monoisotopic (exact) mass is 315 g/mol. The summed E-state index contributed by atoms with van der Waals surface area (Å²) in [6.45, 7) is 4.81. The summed E-state index contributed by atoms with van der Waals surface area (Å²) in [6.07, 6.45) is 4.33. The summed E-state index contributed by atoms with van der Waals surface area (Å²) >= 11 is 1.77. The number of hydrogen-bond donors (Lipinski definition) is 0. The van der Waals surface area contributed by atoms with Crippen molar-refractivity contribution in [2.45, 2.75) is 23.1 Å². The molecule has 0 bridgehead atoms. The number of rotatable bonds is 3. The average Bonchev–Trinajstić information content (AvgIpc) is 2.56. The second-order valence-electron chi connectivity index (χ2n) is 5.05. The third-order valence-electron chi connectivity index (χ3n) is 3.67. The van der Waals surface area contributed by atoms with Crippen molar-refractivity contribution in [2.24, 2.45) is 0 Å². The molecular weight excluding hydrogens is 298 g/mol. The summed E-state index contributed by atoms with van der Waals surface area (Å²) in [6, 6.07) is 8.03. The number of fused-ring (bicyclic) bond motifs is 1. The number of amides is 1. The smallest absolute Gasteiger partial charge is 0.414 e. The number of benzene rings is 1. The van der Waals surface area contributed by atoms with Gasteiger partial charge in [-0.05, 0) is 18.9 Å². The first-order chi connectivity index (χ1) is 10.8. The van der Waals surface area contributed by atoms with Gasteiger partial charge in [0.15, 0.2) is 0 Å². The van der Waals surface area contributed by atoms with Crippen LogP contribution in [0.15, 0.2) is 48.5 Å². The molecule has 2 aromatic rings. The van der Waals surface area contributed by atoms with Crippen LogP contribution in [0.1, 0.15) is 12.8 Å². The molecule has 0 spiro atoms. The minimum Gasteiger partial charge on any atom is -0.419 e. The third-order valence-corrected chi connectivity index (χ3v) is 5.02. The Hall–Kier alpha value is -2.08. The molecule has 0 unspecified atom stereocenters. The number of likely N-dealkylation sites (tertiary alicyclic amines) is 1. The number of hydrogen-bond acceptors (Lipinski definition) is 5. The summed E-state index contributed by atoms with van der Waals surface area (Å²) in [5.41, 5.74) is 0.965. The van der Waals surface area contributed by atoms with Gasteiger partial charge in [0.1, 0.15) is 11.4 Å². The summed E-state index contributed by atoms with van der Waals surface area (Å²) in [7, 11) is 0. The summed E-state index contributed by atoms with van der Waals surface area (Å²) < 4.78 is 4.82.